The van der Waals surface area contributed by atoms with Gasteiger partial charge in [-0.1, -0.05) is 29.8 Å². The Morgan fingerprint density at radius 1 is 1.33 bits per heavy atom. The fraction of sp³-hybridized carbons (Fsp3) is 0.438. The van der Waals surface area contributed by atoms with E-state index < -0.39 is 0 Å². The Morgan fingerprint density at radius 3 is 2.54 bits per heavy atom. The molecule has 3 amide bonds. The Hall–Kier alpha value is -1.84. The number of nitrogens with zero attached hydrogens (tertiary/aromatic N) is 3. The first-order chi connectivity index (χ1) is 11.0. The SMILES string of the molecule is CN=C(NCCN1C(=O)CNC1=O)N(C)Cc1ccc(C)cc1.I. The summed E-state index contributed by atoms with van der Waals surface area (Å²) in [5.74, 6) is 0.525. The lowest BCUT2D eigenvalue weighted by Crippen LogP contribution is -2.43. The van der Waals surface area contributed by atoms with Crippen molar-refractivity contribution in [1.29, 1.82) is 0 Å². The van der Waals surface area contributed by atoms with Crippen molar-refractivity contribution in [3.63, 3.8) is 0 Å². The Labute approximate surface area is 159 Å². The predicted octanol–water partition coefficient (Wildman–Crippen LogP) is 1.17. The van der Waals surface area contributed by atoms with Crippen molar-refractivity contribution >= 4 is 41.9 Å². The van der Waals surface area contributed by atoms with E-state index in [0.717, 1.165) is 12.5 Å². The third kappa shape index (κ3) is 5.36. The maximum atomic E-state index is 11.5. The average Bonchev–Trinajstić information content (AvgIpc) is 2.85. The van der Waals surface area contributed by atoms with Crippen LogP contribution in [0.3, 0.4) is 0 Å². The van der Waals surface area contributed by atoms with Crippen molar-refractivity contribution in [3.8, 4) is 0 Å². The summed E-state index contributed by atoms with van der Waals surface area (Å²) in [6, 6.07) is 8.01. The van der Waals surface area contributed by atoms with Crippen LogP contribution in [0.25, 0.3) is 0 Å². The van der Waals surface area contributed by atoms with Crippen molar-refractivity contribution < 1.29 is 9.59 Å². The molecule has 1 aromatic carbocycles. The van der Waals surface area contributed by atoms with Crippen LogP contribution in [0.5, 0.6) is 0 Å². The molecule has 0 aliphatic carbocycles. The molecule has 0 spiro atoms. The molecule has 1 aliphatic rings. The molecule has 0 unspecified atom stereocenters. The average molecular weight is 445 g/mol. The standard InChI is InChI=1S/C16H23N5O2.HI/c1-12-4-6-13(7-5-12)11-20(3)15(17-2)18-8-9-21-14(22)10-19-16(21)23;/h4-7H,8-11H2,1-3H3,(H,17,18)(H,19,23);1H. The molecule has 1 fully saturated rings. The number of carbonyl (C=O) groups excluding carboxylic acids is 2. The minimum Gasteiger partial charge on any atom is -0.354 e. The zero-order chi connectivity index (χ0) is 16.8. The number of aliphatic imine (C=N–C) groups is 1. The predicted molar refractivity (Wildman–Crippen MR) is 105 cm³/mol. The molecule has 0 saturated carbocycles. The first-order valence-electron chi connectivity index (χ1n) is 7.57. The number of urea groups is 1. The van der Waals surface area contributed by atoms with Crippen LogP contribution >= 0.6 is 24.0 Å². The quantitative estimate of drug-likeness (QED) is 0.309. The highest BCUT2D eigenvalue weighted by Crippen LogP contribution is 2.06. The fourth-order valence-electron chi connectivity index (χ4n) is 2.39. The number of imide groups is 1. The van der Waals surface area contributed by atoms with Crippen LogP contribution in [-0.4, -0.2) is 61.4 Å². The van der Waals surface area contributed by atoms with Crippen molar-refractivity contribution in [2.24, 2.45) is 4.99 Å². The first-order valence-corrected chi connectivity index (χ1v) is 7.57. The zero-order valence-electron chi connectivity index (χ0n) is 14.2. The van der Waals surface area contributed by atoms with Gasteiger partial charge in [0.25, 0.3) is 0 Å². The number of rotatable bonds is 5. The highest BCUT2D eigenvalue weighted by Gasteiger charge is 2.27. The molecule has 0 radical (unpaired) electrons. The number of benzene rings is 1. The second-order valence-electron chi connectivity index (χ2n) is 5.52. The summed E-state index contributed by atoms with van der Waals surface area (Å²) in [7, 11) is 3.66. The topological polar surface area (TPSA) is 77.0 Å². The Kier molecular flexibility index (Phi) is 7.96. The van der Waals surface area contributed by atoms with E-state index in [1.165, 1.54) is 16.0 Å². The Balaban J connectivity index is 0.00000288. The van der Waals surface area contributed by atoms with Crippen LogP contribution in [0, 0.1) is 6.92 Å². The van der Waals surface area contributed by atoms with Crippen LogP contribution < -0.4 is 10.6 Å². The van der Waals surface area contributed by atoms with E-state index in [9.17, 15) is 9.59 Å². The van der Waals surface area contributed by atoms with E-state index in [1.54, 1.807) is 7.05 Å². The van der Waals surface area contributed by atoms with Crippen LogP contribution in [0.4, 0.5) is 4.79 Å². The third-order valence-electron chi connectivity index (χ3n) is 3.67. The summed E-state index contributed by atoms with van der Waals surface area (Å²) in [6.45, 7) is 3.65. The Bertz CT molecular complexity index is 587. The van der Waals surface area contributed by atoms with Gasteiger partial charge in [-0.15, -0.1) is 24.0 Å². The lowest BCUT2D eigenvalue weighted by molar-refractivity contribution is -0.124. The molecular formula is C16H24IN5O2. The second-order valence-corrected chi connectivity index (χ2v) is 5.52. The van der Waals surface area contributed by atoms with Gasteiger partial charge >= 0.3 is 6.03 Å². The van der Waals surface area contributed by atoms with Gasteiger partial charge in [-0.3, -0.25) is 14.7 Å². The van der Waals surface area contributed by atoms with Gasteiger partial charge in [0.05, 0.1) is 6.54 Å². The lowest BCUT2D eigenvalue weighted by atomic mass is 10.1. The highest BCUT2D eigenvalue weighted by atomic mass is 127. The summed E-state index contributed by atoms with van der Waals surface area (Å²) in [4.78, 5) is 30.4. The van der Waals surface area contributed by atoms with Crippen molar-refractivity contribution in [2.45, 2.75) is 13.5 Å². The number of carbonyl (C=O) groups is 2. The van der Waals surface area contributed by atoms with E-state index in [2.05, 4.69) is 46.8 Å². The van der Waals surface area contributed by atoms with Gasteiger partial charge in [0.15, 0.2) is 5.96 Å². The van der Waals surface area contributed by atoms with E-state index in [4.69, 9.17) is 0 Å². The van der Waals surface area contributed by atoms with Gasteiger partial charge in [0.1, 0.15) is 0 Å². The number of halogens is 1. The van der Waals surface area contributed by atoms with Gasteiger partial charge in [-0.2, -0.15) is 0 Å². The van der Waals surface area contributed by atoms with E-state index >= 15 is 0 Å². The molecule has 0 aromatic heterocycles. The number of nitrogens with one attached hydrogen (secondary N) is 2. The molecule has 1 aliphatic heterocycles. The summed E-state index contributed by atoms with van der Waals surface area (Å²) >= 11 is 0. The molecule has 132 valence electrons. The fourth-order valence-corrected chi connectivity index (χ4v) is 2.39. The minimum atomic E-state index is -0.334. The molecular weight excluding hydrogens is 421 g/mol. The van der Waals surface area contributed by atoms with Crippen LogP contribution in [0.1, 0.15) is 11.1 Å². The molecule has 1 heterocycles. The monoisotopic (exact) mass is 445 g/mol. The van der Waals surface area contributed by atoms with E-state index in [1.807, 2.05) is 11.9 Å². The van der Waals surface area contributed by atoms with Gasteiger partial charge < -0.3 is 15.5 Å². The van der Waals surface area contributed by atoms with Crippen molar-refractivity contribution in [1.82, 2.24) is 20.4 Å². The maximum absolute atomic E-state index is 11.5. The molecule has 2 N–H and O–H groups in total. The molecule has 2 rings (SSSR count). The molecule has 8 heteroatoms. The van der Waals surface area contributed by atoms with Gasteiger partial charge in [0.2, 0.25) is 5.91 Å². The zero-order valence-corrected chi connectivity index (χ0v) is 16.5. The largest absolute Gasteiger partial charge is 0.354 e. The molecule has 1 aromatic rings. The smallest absolute Gasteiger partial charge is 0.324 e. The van der Waals surface area contributed by atoms with Crippen LogP contribution in [-0.2, 0) is 11.3 Å². The highest BCUT2D eigenvalue weighted by molar-refractivity contribution is 14.0. The molecule has 0 atom stereocenters. The maximum Gasteiger partial charge on any atom is 0.324 e. The van der Waals surface area contributed by atoms with Crippen molar-refractivity contribution in [2.75, 3.05) is 33.7 Å². The summed E-state index contributed by atoms with van der Waals surface area (Å²) in [5.41, 5.74) is 2.42. The lowest BCUT2D eigenvalue weighted by Gasteiger charge is -2.23. The molecule has 7 nitrogen and oxygen atoms in total. The van der Waals surface area contributed by atoms with Gasteiger partial charge in [-0.05, 0) is 12.5 Å². The minimum absolute atomic E-state index is 0. The molecule has 1 saturated heterocycles. The van der Waals surface area contributed by atoms with Crippen LogP contribution in [0.15, 0.2) is 29.3 Å². The number of hydrogen-bond donors (Lipinski definition) is 2. The summed E-state index contributed by atoms with van der Waals surface area (Å²) < 4.78 is 0. The van der Waals surface area contributed by atoms with E-state index in [-0.39, 0.29) is 42.5 Å². The normalized spacial score (nSPS) is 14.3. The van der Waals surface area contributed by atoms with E-state index in [0.29, 0.717) is 13.1 Å². The number of amides is 3. The third-order valence-corrected chi connectivity index (χ3v) is 3.67. The molecule has 0 bridgehead atoms. The van der Waals surface area contributed by atoms with Gasteiger partial charge in [-0.25, -0.2) is 4.79 Å². The number of hydrogen-bond acceptors (Lipinski definition) is 3. The van der Waals surface area contributed by atoms with Crippen molar-refractivity contribution in [3.05, 3.63) is 35.4 Å². The second kappa shape index (κ2) is 9.45. The first kappa shape index (κ1) is 20.2. The summed E-state index contributed by atoms with van der Waals surface area (Å²) in [5, 5.41) is 5.67. The molecule has 24 heavy (non-hydrogen) atoms. The summed E-state index contributed by atoms with van der Waals surface area (Å²) in [6.07, 6.45) is 0. The number of guanidine groups is 1. The number of aryl methyl sites for hydroxylation is 1. The van der Waals surface area contributed by atoms with Crippen LogP contribution in [0.2, 0.25) is 0 Å². The van der Waals surface area contributed by atoms with Gasteiger partial charge in [0, 0.05) is 33.7 Å². The Morgan fingerprint density at radius 2 is 2.00 bits per heavy atom.